The summed E-state index contributed by atoms with van der Waals surface area (Å²) in [6, 6.07) is -1.62. The highest BCUT2D eigenvalue weighted by atomic mass is 32.2. The molecule has 9 nitrogen and oxygen atoms in total. The van der Waals surface area contributed by atoms with Gasteiger partial charge in [-0.05, 0) is 0 Å². The number of aliphatic hydroxyl groups is 4. The summed E-state index contributed by atoms with van der Waals surface area (Å²) in [4.78, 5) is 0. The molecule has 10 heteroatoms. The van der Waals surface area contributed by atoms with Crippen molar-refractivity contribution in [3.8, 4) is 0 Å². The van der Waals surface area contributed by atoms with Crippen molar-refractivity contribution in [2.45, 2.75) is 30.6 Å². The number of hydrogen-bond acceptors (Lipinski definition) is 7. The molecular weight excluding hydrogens is 246 g/mol. The Bertz CT molecular complexity index is 331. The summed E-state index contributed by atoms with van der Waals surface area (Å²) in [5, 5.41) is 36.8. The number of nitrogens with one attached hydrogen (secondary N) is 1. The van der Waals surface area contributed by atoms with Crippen LogP contribution >= 0.6 is 0 Å². The minimum absolute atomic E-state index is 0.659. The summed E-state index contributed by atoms with van der Waals surface area (Å²) in [5.74, 6) is 0. The second-order valence-corrected chi connectivity index (χ2v) is 4.53. The monoisotopic (exact) mass is 259 g/mol. The van der Waals surface area contributed by atoms with Crippen LogP contribution in [0.5, 0.6) is 0 Å². The summed E-state index contributed by atoms with van der Waals surface area (Å²) in [7, 11) is -4.66. The molecule has 5 atom stereocenters. The molecule has 0 aromatic rings. The Balaban J connectivity index is 2.80. The highest BCUT2D eigenvalue weighted by Crippen LogP contribution is 2.19. The molecule has 3 unspecified atom stereocenters. The van der Waals surface area contributed by atoms with Crippen LogP contribution in [0, 0.1) is 0 Å². The van der Waals surface area contributed by atoms with Gasteiger partial charge in [0, 0.05) is 0 Å². The molecular formula is C6H13NO8S. The van der Waals surface area contributed by atoms with Gasteiger partial charge in [0.1, 0.15) is 24.4 Å². The molecule has 1 saturated heterocycles. The van der Waals surface area contributed by atoms with E-state index in [2.05, 4.69) is 4.74 Å². The van der Waals surface area contributed by atoms with Crippen LogP contribution < -0.4 is 4.72 Å². The Morgan fingerprint density at radius 2 is 1.75 bits per heavy atom. The zero-order chi connectivity index (χ0) is 12.5. The van der Waals surface area contributed by atoms with Crippen LogP contribution in [0.3, 0.4) is 0 Å². The van der Waals surface area contributed by atoms with E-state index >= 15 is 0 Å². The quantitative estimate of drug-likeness (QED) is 0.281. The van der Waals surface area contributed by atoms with Crippen LogP contribution in [0.1, 0.15) is 0 Å². The van der Waals surface area contributed by atoms with Crippen LogP contribution in [-0.2, 0) is 15.0 Å². The van der Waals surface area contributed by atoms with Crippen molar-refractivity contribution in [2.24, 2.45) is 0 Å². The van der Waals surface area contributed by atoms with Gasteiger partial charge < -0.3 is 25.2 Å². The molecule has 1 aliphatic rings. The molecule has 0 aliphatic carbocycles. The van der Waals surface area contributed by atoms with Gasteiger partial charge in [-0.15, -0.1) is 0 Å². The smallest absolute Gasteiger partial charge is 0.333 e. The van der Waals surface area contributed by atoms with Gasteiger partial charge >= 0.3 is 10.3 Å². The van der Waals surface area contributed by atoms with Crippen molar-refractivity contribution in [3.05, 3.63) is 0 Å². The van der Waals surface area contributed by atoms with Crippen LogP contribution in [-0.4, -0.2) is 70.6 Å². The molecule has 1 aliphatic heterocycles. The lowest BCUT2D eigenvalue weighted by atomic mass is 9.98. The van der Waals surface area contributed by atoms with E-state index in [0.29, 0.717) is 0 Å². The Hall–Kier alpha value is -0.330. The summed E-state index contributed by atoms with van der Waals surface area (Å²) in [6.45, 7) is -0.659. The molecule has 96 valence electrons. The Kier molecular flexibility index (Phi) is 4.20. The van der Waals surface area contributed by atoms with E-state index in [1.54, 1.807) is 0 Å². The summed E-state index contributed by atoms with van der Waals surface area (Å²) in [5.41, 5.74) is 0. The van der Waals surface area contributed by atoms with Crippen molar-refractivity contribution in [2.75, 3.05) is 6.61 Å². The number of aliphatic hydroxyl groups excluding tert-OH is 4. The predicted molar refractivity (Wildman–Crippen MR) is 48.5 cm³/mol. The highest BCUT2D eigenvalue weighted by molar-refractivity contribution is 7.83. The summed E-state index contributed by atoms with van der Waals surface area (Å²) >= 11 is 0. The lowest BCUT2D eigenvalue weighted by Gasteiger charge is -2.39. The van der Waals surface area contributed by atoms with Gasteiger partial charge in [0.15, 0.2) is 6.29 Å². The predicted octanol–water partition coefficient (Wildman–Crippen LogP) is -3.82. The van der Waals surface area contributed by atoms with E-state index in [-0.39, 0.29) is 0 Å². The first-order valence-electron chi connectivity index (χ1n) is 4.31. The van der Waals surface area contributed by atoms with Gasteiger partial charge in [0.2, 0.25) is 0 Å². The fourth-order valence-corrected chi connectivity index (χ4v) is 2.00. The first-order valence-corrected chi connectivity index (χ1v) is 5.75. The SMILES string of the molecule is O=S(=O)(O)N[C@@H]1C(O)OC(CO)[C@@H](O)C1O. The largest absolute Gasteiger partial charge is 0.394 e. The van der Waals surface area contributed by atoms with Gasteiger partial charge in [0.05, 0.1) is 6.61 Å². The average molecular weight is 259 g/mol. The van der Waals surface area contributed by atoms with Gasteiger partial charge in [-0.3, -0.25) is 4.55 Å². The summed E-state index contributed by atoms with van der Waals surface area (Å²) in [6.07, 6.45) is -6.34. The third kappa shape index (κ3) is 3.09. The van der Waals surface area contributed by atoms with E-state index < -0.39 is 47.6 Å². The van der Waals surface area contributed by atoms with E-state index in [4.69, 9.17) is 9.66 Å². The van der Waals surface area contributed by atoms with Gasteiger partial charge in [-0.25, -0.2) is 0 Å². The molecule has 0 bridgehead atoms. The maximum absolute atomic E-state index is 10.5. The molecule has 16 heavy (non-hydrogen) atoms. The van der Waals surface area contributed by atoms with Gasteiger partial charge in [-0.2, -0.15) is 13.1 Å². The topological polar surface area (TPSA) is 157 Å². The zero-order valence-corrected chi connectivity index (χ0v) is 8.78. The maximum atomic E-state index is 10.5. The third-order valence-corrected chi connectivity index (χ3v) is 2.76. The first-order chi connectivity index (χ1) is 7.26. The minimum atomic E-state index is -4.66. The van der Waals surface area contributed by atoms with Crippen molar-refractivity contribution in [3.63, 3.8) is 0 Å². The van der Waals surface area contributed by atoms with Crippen molar-refractivity contribution >= 4 is 10.3 Å². The second kappa shape index (κ2) is 4.89. The van der Waals surface area contributed by atoms with Crippen LogP contribution in [0.15, 0.2) is 0 Å². The summed E-state index contributed by atoms with van der Waals surface area (Å²) < 4.78 is 35.6. The number of hydrogen-bond donors (Lipinski definition) is 6. The molecule has 0 aromatic carbocycles. The average Bonchev–Trinajstić information content (AvgIpc) is 2.17. The molecule has 1 heterocycles. The molecule has 0 spiro atoms. The first kappa shape index (κ1) is 13.7. The maximum Gasteiger partial charge on any atom is 0.333 e. The van der Waals surface area contributed by atoms with E-state index in [1.807, 2.05) is 0 Å². The molecule has 1 rings (SSSR count). The van der Waals surface area contributed by atoms with E-state index in [0.717, 1.165) is 0 Å². The molecule has 6 N–H and O–H groups in total. The standard InChI is InChI=1S/C6H13NO8S/c8-1-2-4(9)5(10)3(6(11)15-2)7-16(12,13)14/h2-11H,1H2,(H,12,13,14)/t2?,3-,4+,5?,6?/m0/s1. The van der Waals surface area contributed by atoms with Gasteiger partial charge in [-0.1, -0.05) is 0 Å². The van der Waals surface area contributed by atoms with E-state index in [1.165, 1.54) is 4.72 Å². The molecule has 0 radical (unpaired) electrons. The van der Waals surface area contributed by atoms with E-state index in [9.17, 15) is 23.7 Å². The van der Waals surface area contributed by atoms with Crippen molar-refractivity contribution in [1.29, 1.82) is 0 Å². The zero-order valence-electron chi connectivity index (χ0n) is 7.96. The Morgan fingerprint density at radius 1 is 1.19 bits per heavy atom. The molecule has 1 fully saturated rings. The minimum Gasteiger partial charge on any atom is -0.394 e. The Labute approximate surface area is 91.2 Å². The highest BCUT2D eigenvalue weighted by Gasteiger charge is 2.44. The fraction of sp³-hybridized carbons (Fsp3) is 1.00. The van der Waals surface area contributed by atoms with Gasteiger partial charge in [0.25, 0.3) is 0 Å². The van der Waals surface area contributed by atoms with Crippen LogP contribution in [0.25, 0.3) is 0 Å². The Morgan fingerprint density at radius 3 is 2.19 bits per heavy atom. The molecule has 0 saturated carbocycles. The third-order valence-electron chi connectivity index (χ3n) is 2.19. The number of rotatable bonds is 3. The van der Waals surface area contributed by atoms with Crippen LogP contribution in [0.2, 0.25) is 0 Å². The lowest BCUT2D eigenvalue weighted by molar-refractivity contribution is -0.251. The van der Waals surface area contributed by atoms with Crippen molar-refractivity contribution < 1.29 is 38.1 Å². The normalized spacial score (nSPS) is 40.9. The number of ether oxygens (including phenoxy) is 1. The second-order valence-electron chi connectivity index (χ2n) is 3.35. The molecule has 0 aromatic heterocycles. The van der Waals surface area contributed by atoms with Crippen LogP contribution in [0.4, 0.5) is 0 Å². The molecule has 0 amide bonds. The fourth-order valence-electron chi connectivity index (χ4n) is 1.40. The van der Waals surface area contributed by atoms with Crippen molar-refractivity contribution in [1.82, 2.24) is 4.72 Å². The lowest BCUT2D eigenvalue weighted by Crippen LogP contribution is -2.64.